The molecule has 0 saturated heterocycles. The Morgan fingerprint density at radius 2 is 2.12 bits per heavy atom. The molecule has 1 aromatic rings. The van der Waals surface area contributed by atoms with Gasteiger partial charge in [0.15, 0.2) is 5.96 Å². The number of aryl methyl sites for hydroxylation is 1. The Labute approximate surface area is 164 Å². The van der Waals surface area contributed by atoms with Crippen LogP contribution in [0.4, 0.5) is 0 Å². The van der Waals surface area contributed by atoms with Crippen molar-refractivity contribution in [3.63, 3.8) is 0 Å². The van der Waals surface area contributed by atoms with E-state index >= 15 is 0 Å². The van der Waals surface area contributed by atoms with Crippen LogP contribution < -0.4 is 10.6 Å². The SMILES string of the molecule is CCNC(=NCc1cnn(C)c1)NC(C)CCC1CCCCC1.I. The van der Waals surface area contributed by atoms with E-state index in [4.69, 9.17) is 0 Å². The Morgan fingerprint density at radius 1 is 1.38 bits per heavy atom. The average molecular weight is 447 g/mol. The second-order valence-corrected chi connectivity index (χ2v) is 6.84. The number of guanidine groups is 1. The molecule has 5 nitrogen and oxygen atoms in total. The molecule has 1 fully saturated rings. The predicted molar refractivity (Wildman–Crippen MR) is 112 cm³/mol. The highest BCUT2D eigenvalue weighted by Gasteiger charge is 2.15. The van der Waals surface area contributed by atoms with E-state index in [1.165, 1.54) is 44.9 Å². The van der Waals surface area contributed by atoms with Crippen LogP contribution in [0.3, 0.4) is 0 Å². The molecule has 1 aliphatic rings. The summed E-state index contributed by atoms with van der Waals surface area (Å²) in [5.74, 6) is 1.86. The van der Waals surface area contributed by atoms with Crippen LogP contribution in [0, 0.1) is 5.92 Å². The van der Waals surface area contributed by atoms with Gasteiger partial charge in [0.1, 0.15) is 0 Å². The minimum Gasteiger partial charge on any atom is -0.357 e. The molecule has 0 radical (unpaired) electrons. The second kappa shape index (κ2) is 11.7. The van der Waals surface area contributed by atoms with Crippen LogP contribution in [-0.4, -0.2) is 28.3 Å². The third kappa shape index (κ3) is 7.85. The predicted octanol–water partition coefficient (Wildman–Crippen LogP) is 3.84. The minimum absolute atomic E-state index is 0. The molecule has 1 aromatic heterocycles. The van der Waals surface area contributed by atoms with Crippen LogP contribution in [0.2, 0.25) is 0 Å². The number of nitrogens with one attached hydrogen (secondary N) is 2. The van der Waals surface area contributed by atoms with E-state index in [-0.39, 0.29) is 24.0 Å². The standard InChI is InChI=1S/C18H33N5.HI/c1-4-19-18(20-12-17-13-21-23(3)14-17)22-15(2)10-11-16-8-6-5-7-9-16;/h13-16H,4-12H2,1-3H3,(H2,19,20,22);1H. The van der Waals surface area contributed by atoms with Crippen molar-refractivity contribution in [2.24, 2.45) is 18.0 Å². The number of hydrogen-bond donors (Lipinski definition) is 2. The van der Waals surface area contributed by atoms with E-state index in [2.05, 4.69) is 34.6 Å². The molecule has 0 spiro atoms. The van der Waals surface area contributed by atoms with Crippen molar-refractivity contribution in [1.82, 2.24) is 20.4 Å². The fourth-order valence-electron chi connectivity index (χ4n) is 3.31. The third-order valence-electron chi connectivity index (χ3n) is 4.64. The summed E-state index contributed by atoms with van der Waals surface area (Å²) in [6, 6.07) is 0.462. The van der Waals surface area contributed by atoms with Crippen molar-refractivity contribution in [3.8, 4) is 0 Å². The topological polar surface area (TPSA) is 54.2 Å². The summed E-state index contributed by atoms with van der Waals surface area (Å²) in [6.07, 6.45) is 13.6. The molecule has 2 rings (SSSR count). The maximum atomic E-state index is 4.67. The van der Waals surface area contributed by atoms with E-state index in [9.17, 15) is 0 Å². The highest BCUT2D eigenvalue weighted by atomic mass is 127. The molecule has 138 valence electrons. The summed E-state index contributed by atoms with van der Waals surface area (Å²) in [5, 5.41) is 11.1. The van der Waals surface area contributed by atoms with Crippen LogP contribution in [-0.2, 0) is 13.6 Å². The Morgan fingerprint density at radius 3 is 2.75 bits per heavy atom. The number of halogens is 1. The first-order valence-electron chi connectivity index (χ1n) is 9.19. The molecule has 0 aliphatic heterocycles. The molecular weight excluding hydrogens is 413 g/mol. The lowest BCUT2D eigenvalue weighted by Gasteiger charge is -2.24. The smallest absolute Gasteiger partial charge is 0.191 e. The summed E-state index contributed by atoms with van der Waals surface area (Å²) in [4.78, 5) is 4.67. The maximum absolute atomic E-state index is 4.67. The highest BCUT2D eigenvalue weighted by Crippen LogP contribution is 2.27. The molecule has 0 bridgehead atoms. The maximum Gasteiger partial charge on any atom is 0.191 e. The lowest BCUT2D eigenvalue weighted by atomic mass is 9.85. The lowest BCUT2D eigenvalue weighted by Crippen LogP contribution is -2.42. The Balaban J connectivity index is 0.00000288. The molecule has 1 saturated carbocycles. The first-order chi connectivity index (χ1) is 11.2. The van der Waals surface area contributed by atoms with E-state index in [0.717, 1.165) is 24.0 Å². The van der Waals surface area contributed by atoms with Gasteiger partial charge in [-0.05, 0) is 32.6 Å². The normalized spacial score (nSPS) is 17.2. The van der Waals surface area contributed by atoms with Crippen molar-refractivity contribution in [3.05, 3.63) is 18.0 Å². The van der Waals surface area contributed by atoms with Crippen molar-refractivity contribution < 1.29 is 0 Å². The van der Waals surface area contributed by atoms with Crippen molar-refractivity contribution in [2.45, 2.75) is 71.4 Å². The number of hydrogen-bond acceptors (Lipinski definition) is 2. The van der Waals surface area contributed by atoms with E-state index in [1.54, 1.807) is 0 Å². The van der Waals surface area contributed by atoms with Crippen LogP contribution in [0.15, 0.2) is 17.4 Å². The summed E-state index contributed by atoms with van der Waals surface area (Å²) in [6.45, 7) is 5.92. The molecule has 1 atom stereocenters. The zero-order valence-electron chi connectivity index (χ0n) is 15.4. The molecule has 0 aromatic carbocycles. The summed E-state index contributed by atoms with van der Waals surface area (Å²) in [5.41, 5.74) is 1.14. The van der Waals surface area contributed by atoms with Gasteiger partial charge in [-0.25, -0.2) is 4.99 Å². The van der Waals surface area contributed by atoms with Gasteiger partial charge in [-0.15, -0.1) is 24.0 Å². The largest absolute Gasteiger partial charge is 0.357 e. The average Bonchev–Trinajstić information content (AvgIpc) is 2.97. The number of aliphatic imine (C=N–C) groups is 1. The van der Waals surface area contributed by atoms with Crippen molar-refractivity contribution in [1.29, 1.82) is 0 Å². The monoisotopic (exact) mass is 447 g/mol. The van der Waals surface area contributed by atoms with Gasteiger partial charge in [-0.3, -0.25) is 4.68 Å². The summed E-state index contributed by atoms with van der Waals surface area (Å²) in [7, 11) is 1.93. The molecule has 1 heterocycles. The first kappa shape index (κ1) is 21.3. The summed E-state index contributed by atoms with van der Waals surface area (Å²) < 4.78 is 1.82. The quantitative estimate of drug-likeness (QED) is 0.380. The lowest BCUT2D eigenvalue weighted by molar-refractivity contribution is 0.322. The van der Waals surface area contributed by atoms with E-state index < -0.39 is 0 Å². The Kier molecular flexibility index (Phi) is 10.4. The van der Waals surface area contributed by atoms with E-state index in [1.807, 2.05) is 24.1 Å². The van der Waals surface area contributed by atoms with Gasteiger partial charge < -0.3 is 10.6 Å². The summed E-state index contributed by atoms with van der Waals surface area (Å²) >= 11 is 0. The van der Waals surface area contributed by atoms with Gasteiger partial charge in [-0.2, -0.15) is 5.10 Å². The second-order valence-electron chi connectivity index (χ2n) is 6.84. The van der Waals surface area contributed by atoms with Gasteiger partial charge in [0.25, 0.3) is 0 Å². The van der Waals surface area contributed by atoms with Crippen LogP contribution in [0.5, 0.6) is 0 Å². The zero-order chi connectivity index (χ0) is 16.5. The van der Waals surface area contributed by atoms with E-state index in [0.29, 0.717) is 12.6 Å². The molecular formula is C18H34IN5. The highest BCUT2D eigenvalue weighted by molar-refractivity contribution is 14.0. The van der Waals surface area contributed by atoms with Gasteiger partial charge in [-0.1, -0.05) is 32.1 Å². The molecule has 6 heteroatoms. The molecule has 24 heavy (non-hydrogen) atoms. The van der Waals surface area contributed by atoms with Crippen LogP contribution >= 0.6 is 24.0 Å². The number of rotatable bonds is 7. The van der Waals surface area contributed by atoms with Gasteiger partial charge in [0.05, 0.1) is 12.7 Å². The first-order valence-corrected chi connectivity index (χ1v) is 9.19. The number of aromatic nitrogens is 2. The Bertz CT molecular complexity index is 480. The van der Waals surface area contributed by atoms with Crippen LogP contribution in [0.1, 0.15) is 64.4 Å². The van der Waals surface area contributed by atoms with Crippen LogP contribution in [0.25, 0.3) is 0 Å². The van der Waals surface area contributed by atoms with Crippen molar-refractivity contribution >= 4 is 29.9 Å². The molecule has 1 unspecified atom stereocenters. The van der Waals surface area contributed by atoms with Crippen molar-refractivity contribution in [2.75, 3.05) is 6.54 Å². The fraction of sp³-hybridized carbons (Fsp3) is 0.778. The zero-order valence-corrected chi connectivity index (χ0v) is 17.8. The van der Waals surface area contributed by atoms with Gasteiger partial charge in [0.2, 0.25) is 0 Å². The van der Waals surface area contributed by atoms with Gasteiger partial charge in [0, 0.05) is 31.4 Å². The molecule has 1 aliphatic carbocycles. The molecule has 0 amide bonds. The molecule has 2 N–H and O–H groups in total. The Hall–Kier alpha value is -0.790. The third-order valence-corrected chi connectivity index (χ3v) is 4.64. The number of nitrogens with zero attached hydrogens (tertiary/aromatic N) is 3. The minimum atomic E-state index is 0. The fourth-order valence-corrected chi connectivity index (χ4v) is 3.31. The van der Waals surface area contributed by atoms with Gasteiger partial charge >= 0.3 is 0 Å².